The van der Waals surface area contributed by atoms with Gasteiger partial charge in [0, 0.05) is 31.4 Å². The maximum absolute atomic E-state index is 12.8. The molecule has 0 fully saturated rings. The molecule has 0 saturated heterocycles. The summed E-state index contributed by atoms with van der Waals surface area (Å²) in [6.07, 6.45) is 3.78. The predicted octanol–water partition coefficient (Wildman–Crippen LogP) is 2.78. The van der Waals surface area contributed by atoms with Crippen molar-refractivity contribution in [1.82, 2.24) is 25.1 Å². The average Bonchev–Trinajstić information content (AvgIpc) is 3.14. The number of anilines is 1. The fraction of sp³-hybridized carbons (Fsp3) is 0.190. The number of amides is 2. The minimum absolute atomic E-state index is 0.106. The summed E-state index contributed by atoms with van der Waals surface area (Å²) in [6, 6.07) is 14.8. The van der Waals surface area contributed by atoms with E-state index < -0.39 is 0 Å². The first kappa shape index (κ1) is 18.5. The Hall–Kier alpha value is -3.81. The van der Waals surface area contributed by atoms with E-state index >= 15 is 0 Å². The zero-order valence-electron chi connectivity index (χ0n) is 16.1. The van der Waals surface area contributed by atoms with Crippen LogP contribution in [0.2, 0.25) is 0 Å². The maximum atomic E-state index is 12.8. The van der Waals surface area contributed by atoms with E-state index in [2.05, 4.69) is 20.8 Å². The van der Waals surface area contributed by atoms with Crippen molar-refractivity contribution in [2.24, 2.45) is 7.05 Å². The number of benzene rings is 2. The number of aryl methyl sites for hydroxylation is 1. The van der Waals surface area contributed by atoms with Gasteiger partial charge in [0.15, 0.2) is 5.82 Å². The van der Waals surface area contributed by atoms with Crippen LogP contribution in [0.3, 0.4) is 0 Å². The molecule has 2 aromatic carbocycles. The van der Waals surface area contributed by atoms with Gasteiger partial charge in [-0.3, -0.25) is 9.59 Å². The van der Waals surface area contributed by atoms with E-state index in [1.165, 1.54) is 6.92 Å². The molecule has 0 radical (unpaired) electrons. The molecule has 1 unspecified atom stereocenters. The second-order valence-electron chi connectivity index (χ2n) is 6.85. The molecule has 8 heteroatoms. The first-order valence-electron chi connectivity index (χ1n) is 9.21. The van der Waals surface area contributed by atoms with Gasteiger partial charge in [-0.2, -0.15) is 0 Å². The van der Waals surface area contributed by atoms with E-state index in [9.17, 15) is 9.59 Å². The molecule has 2 amide bonds. The summed E-state index contributed by atoms with van der Waals surface area (Å²) in [5, 5.41) is 14.4. The van der Waals surface area contributed by atoms with Gasteiger partial charge >= 0.3 is 0 Å². The first-order valence-corrected chi connectivity index (χ1v) is 9.21. The lowest BCUT2D eigenvalue weighted by molar-refractivity contribution is -0.129. The van der Waals surface area contributed by atoms with Crippen molar-refractivity contribution in [3.8, 4) is 11.4 Å². The van der Waals surface area contributed by atoms with Gasteiger partial charge in [0.2, 0.25) is 11.8 Å². The number of fused-ring (bicyclic) bond motifs is 1. The van der Waals surface area contributed by atoms with E-state index in [1.807, 2.05) is 54.6 Å². The summed E-state index contributed by atoms with van der Waals surface area (Å²) < 4.78 is 1.57. The molecule has 1 atom stereocenters. The lowest BCUT2D eigenvalue weighted by atomic mass is 9.93. The summed E-state index contributed by atoms with van der Waals surface area (Å²) in [5.41, 5.74) is 3.41. The Morgan fingerprint density at radius 2 is 1.97 bits per heavy atom. The second kappa shape index (κ2) is 7.67. The Morgan fingerprint density at radius 1 is 1.14 bits per heavy atom. The minimum atomic E-state index is -0.347. The molecular formula is C21H20N6O2. The average molecular weight is 388 g/mol. The molecule has 0 spiro atoms. The lowest BCUT2D eigenvalue weighted by Crippen LogP contribution is -2.33. The number of carbonyl (C=O) groups excluding carboxylic acids is 2. The molecule has 0 aliphatic carbocycles. The molecule has 1 N–H and O–H groups in total. The minimum Gasteiger partial charge on any atom is -0.326 e. The maximum Gasteiger partial charge on any atom is 0.226 e. The molecule has 3 aromatic rings. The van der Waals surface area contributed by atoms with Crippen LogP contribution in [0.5, 0.6) is 0 Å². The predicted molar refractivity (Wildman–Crippen MR) is 108 cm³/mol. The van der Waals surface area contributed by atoms with Crippen LogP contribution in [-0.2, 0) is 16.6 Å². The molecule has 1 aliphatic heterocycles. The Morgan fingerprint density at radius 3 is 2.72 bits per heavy atom. The summed E-state index contributed by atoms with van der Waals surface area (Å²) in [4.78, 5) is 26.5. The van der Waals surface area contributed by atoms with Crippen LogP contribution in [0.25, 0.3) is 17.5 Å². The van der Waals surface area contributed by atoms with Crippen molar-refractivity contribution in [2.75, 3.05) is 5.32 Å². The summed E-state index contributed by atoms with van der Waals surface area (Å²) >= 11 is 0. The fourth-order valence-electron chi connectivity index (χ4n) is 3.51. The van der Waals surface area contributed by atoms with Crippen LogP contribution in [-0.4, -0.2) is 36.9 Å². The van der Waals surface area contributed by atoms with Crippen molar-refractivity contribution >= 4 is 23.6 Å². The van der Waals surface area contributed by atoms with Crippen LogP contribution >= 0.6 is 0 Å². The Labute approximate surface area is 167 Å². The van der Waals surface area contributed by atoms with E-state index in [0.717, 1.165) is 16.7 Å². The summed E-state index contributed by atoms with van der Waals surface area (Å²) in [6.45, 7) is 1.50. The van der Waals surface area contributed by atoms with Crippen molar-refractivity contribution in [2.45, 2.75) is 19.4 Å². The van der Waals surface area contributed by atoms with E-state index in [-0.39, 0.29) is 24.3 Å². The van der Waals surface area contributed by atoms with E-state index in [4.69, 9.17) is 0 Å². The van der Waals surface area contributed by atoms with Crippen LogP contribution < -0.4 is 5.32 Å². The molecular weight excluding hydrogens is 368 g/mol. The number of carbonyl (C=O) groups is 2. The highest BCUT2D eigenvalue weighted by molar-refractivity contribution is 5.92. The van der Waals surface area contributed by atoms with Crippen molar-refractivity contribution < 1.29 is 9.59 Å². The molecule has 4 rings (SSSR count). The highest BCUT2D eigenvalue weighted by Crippen LogP contribution is 2.33. The molecule has 1 aromatic heterocycles. The van der Waals surface area contributed by atoms with Gasteiger partial charge in [0.05, 0.1) is 12.5 Å². The van der Waals surface area contributed by atoms with Gasteiger partial charge in [0.25, 0.3) is 0 Å². The molecule has 146 valence electrons. The zero-order chi connectivity index (χ0) is 20.4. The number of nitrogens with zero attached hydrogens (tertiary/aromatic N) is 5. The molecule has 2 heterocycles. The quantitative estimate of drug-likeness (QED) is 0.742. The van der Waals surface area contributed by atoms with Gasteiger partial charge < -0.3 is 10.2 Å². The SMILES string of the molecule is CC(=O)N1C=Cc2ccccc2C1CC(=O)Nc1cccc(-c2nnnn2C)c1. The molecule has 0 bridgehead atoms. The second-order valence-corrected chi connectivity index (χ2v) is 6.85. The van der Waals surface area contributed by atoms with E-state index in [0.29, 0.717) is 11.5 Å². The Bertz CT molecular complexity index is 1100. The number of nitrogens with one attached hydrogen (secondary N) is 1. The van der Waals surface area contributed by atoms with Crippen molar-refractivity contribution in [3.63, 3.8) is 0 Å². The highest BCUT2D eigenvalue weighted by Gasteiger charge is 2.28. The van der Waals surface area contributed by atoms with Gasteiger partial charge in [-0.15, -0.1) is 5.10 Å². The first-order chi connectivity index (χ1) is 14.0. The topological polar surface area (TPSA) is 93.0 Å². The zero-order valence-corrected chi connectivity index (χ0v) is 16.1. The number of hydrogen-bond acceptors (Lipinski definition) is 5. The van der Waals surface area contributed by atoms with Crippen LogP contribution in [0.4, 0.5) is 5.69 Å². The lowest BCUT2D eigenvalue weighted by Gasteiger charge is -2.32. The fourth-order valence-corrected chi connectivity index (χ4v) is 3.51. The van der Waals surface area contributed by atoms with Crippen molar-refractivity contribution in [1.29, 1.82) is 0 Å². The Kier molecular flexibility index (Phi) is 4.90. The normalized spacial score (nSPS) is 15.1. The van der Waals surface area contributed by atoms with Crippen LogP contribution in [0.1, 0.15) is 30.5 Å². The summed E-state index contributed by atoms with van der Waals surface area (Å²) in [7, 11) is 1.75. The van der Waals surface area contributed by atoms with E-state index in [1.54, 1.807) is 22.8 Å². The molecule has 1 aliphatic rings. The molecule has 29 heavy (non-hydrogen) atoms. The van der Waals surface area contributed by atoms with Gasteiger partial charge in [-0.25, -0.2) is 4.68 Å². The highest BCUT2D eigenvalue weighted by atomic mass is 16.2. The Balaban J connectivity index is 1.54. The third-order valence-corrected chi connectivity index (χ3v) is 4.87. The number of tetrazole rings is 1. The van der Waals surface area contributed by atoms with Crippen molar-refractivity contribution in [3.05, 3.63) is 65.9 Å². The molecule has 0 saturated carbocycles. The van der Waals surface area contributed by atoms with Crippen LogP contribution in [0, 0.1) is 0 Å². The number of hydrogen-bond donors (Lipinski definition) is 1. The third-order valence-electron chi connectivity index (χ3n) is 4.87. The standard InChI is InChI=1S/C21H20N6O2/c1-14(28)27-11-10-15-6-3-4-9-18(15)19(27)13-20(29)22-17-8-5-7-16(12-17)21-23-24-25-26(21)2/h3-12,19H,13H2,1-2H3,(H,22,29). The summed E-state index contributed by atoms with van der Waals surface area (Å²) in [5.74, 6) is 0.320. The largest absolute Gasteiger partial charge is 0.326 e. The monoisotopic (exact) mass is 388 g/mol. The molecule has 8 nitrogen and oxygen atoms in total. The number of rotatable bonds is 4. The smallest absolute Gasteiger partial charge is 0.226 e. The van der Waals surface area contributed by atoms with Gasteiger partial charge in [-0.1, -0.05) is 36.4 Å². The van der Waals surface area contributed by atoms with Gasteiger partial charge in [0.1, 0.15) is 0 Å². The number of aromatic nitrogens is 4. The van der Waals surface area contributed by atoms with Gasteiger partial charge in [-0.05, 0) is 39.8 Å². The van der Waals surface area contributed by atoms with Crippen LogP contribution in [0.15, 0.2) is 54.7 Å². The third kappa shape index (κ3) is 3.77.